The monoisotopic (exact) mass is 329 g/mol. The molecule has 0 radical (unpaired) electrons. The lowest BCUT2D eigenvalue weighted by molar-refractivity contribution is -0.116. The molecule has 4 nitrogen and oxygen atoms in total. The number of hydrogen-bond donors (Lipinski definition) is 2. The Kier molecular flexibility index (Phi) is 3.53. The van der Waals surface area contributed by atoms with Crippen molar-refractivity contribution in [2.75, 3.05) is 12.4 Å². The lowest BCUT2D eigenvalue weighted by atomic mass is 9.82. The number of hydrogen-bond acceptors (Lipinski definition) is 4. The first-order valence-corrected chi connectivity index (χ1v) is 8.80. The highest BCUT2D eigenvalue weighted by molar-refractivity contribution is 7.16. The number of anilines is 1. The Hall–Kier alpha value is -2.01. The first-order chi connectivity index (χ1) is 11.2. The van der Waals surface area contributed by atoms with E-state index < -0.39 is 0 Å². The number of carbonyl (C=O) groups is 1. The second-order valence-electron chi connectivity index (χ2n) is 6.19. The molecule has 1 aliphatic carbocycles. The van der Waals surface area contributed by atoms with Gasteiger partial charge in [0.05, 0.1) is 12.1 Å². The molecule has 23 heavy (non-hydrogen) atoms. The summed E-state index contributed by atoms with van der Waals surface area (Å²) >= 11 is 1.73. The van der Waals surface area contributed by atoms with E-state index in [1.54, 1.807) is 23.5 Å². The van der Waals surface area contributed by atoms with E-state index >= 15 is 0 Å². The Morgan fingerprint density at radius 2 is 2.13 bits per heavy atom. The Balaban J connectivity index is 1.82. The van der Waals surface area contributed by atoms with Crippen molar-refractivity contribution in [3.05, 3.63) is 39.8 Å². The summed E-state index contributed by atoms with van der Waals surface area (Å²) in [6.07, 6.45) is 5.08. The summed E-state index contributed by atoms with van der Waals surface area (Å²) in [7, 11) is 1.54. The van der Waals surface area contributed by atoms with Crippen LogP contribution in [0, 0.1) is 0 Å². The highest BCUT2D eigenvalue weighted by Gasteiger charge is 2.33. The standard InChI is InChI=1S/C18H19NO3S/c1-22-14-7-6-10(8-13(14)20)12-9-16(21)19-18-17(12)11-4-2-3-5-15(11)23-18/h6-8,12,20H,2-5,9H2,1H3,(H,19,21). The molecule has 0 bridgehead atoms. The molecule has 2 heterocycles. The number of phenols is 1. The maximum atomic E-state index is 12.1. The third kappa shape index (κ3) is 2.39. The van der Waals surface area contributed by atoms with Crippen LogP contribution in [-0.2, 0) is 17.6 Å². The van der Waals surface area contributed by atoms with Crippen LogP contribution in [0.3, 0.4) is 0 Å². The number of fused-ring (bicyclic) bond motifs is 3. The van der Waals surface area contributed by atoms with E-state index in [1.807, 2.05) is 6.07 Å². The molecule has 0 spiro atoms. The van der Waals surface area contributed by atoms with Gasteiger partial charge in [0.15, 0.2) is 11.5 Å². The quantitative estimate of drug-likeness (QED) is 0.881. The van der Waals surface area contributed by atoms with Gasteiger partial charge >= 0.3 is 0 Å². The fourth-order valence-corrected chi connectivity index (χ4v) is 5.09. The van der Waals surface area contributed by atoms with Crippen LogP contribution in [-0.4, -0.2) is 18.1 Å². The molecule has 0 saturated heterocycles. The number of amides is 1. The maximum absolute atomic E-state index is 12.1. The van der Waals surface area contributed by atoms with Crippen LogP contribution in [0.1, 0.15) is 46.7 Å². The smallest absolute Gasteiger partial charge is 0.225 e. The number of aromatic hydroxyl groups is 1. The van der Waals surface area contributed by atoms with Crippen LogP contribution < -0.4 is 10.1 Å². The van der Waals surface area contributed by atoms with Crippen LogP contribution >= 0.6 is 11.3 Å². The topological polar surface area (TPSA) is 58.6 Å². The van der Waals surface area contributed by atoms with Crippen LogP contribution in [0.25, 0.3) is 0 Å². The van der Waals surface area contributed by atoms with Crippen molar-refractivity contribution in [3.8, 4) is 11.5 Å². The number of phenolic OH excluding ortho intramolecular Hbond substituents is 1. The molecule has 1 aromatic carbocycles. The van der Waals surface area contributed by atoms with Gasteiger partial charge in [0.25, 0.3) is 0 Å². The highest BCUT2D eigenvalue weighted by Crippen LogP contribution is 2.48. The normalized spacial score (nSPS) is 19.7. The average Bonchev–Trinajstić information content (AvgIpc) is 2.92. The zero-order valence-corrected chi connectivity index (χ0v) is 13.8. The van der Waals surface area contributed by atoms with Gasteiger partial charge in [-0.15, -0.1) is 11.3 Å². The lowest BCUT2D eigenvalue weighted by Crippen LogP contribution is -2.23. The number of thiophene rings is 1. The predicted molar refractivity (Wildman–Crippen MR) is 90.7 cm³/mol. The van der Waals surface area contributed by atoms with Crippen LogP contribution in [0.4, 0.5) is 5.00 Å². The fourth-order valence-electron chi connectivity index (χ4n) is 3.73. The number of benzene rings is 1. The van der Waals surface area contributed by atoms with Gasteiger partial charge in [-0.25, -0.2) is 0 Å². The molecule has 1 amide bonds. The molecule has 1 aromatic heterocycles. The third-order valence-electron chi connectivity index (χ3n) is 4.81. The van der Waals surface area contributed by atoms with Crippen LogP contribution in [0.5, 0.6) is 11.5 Å². The highest BCUT2D eigenvalue weighted by atomic mass is 32.1. The number of aryl methyl sites for hydroxylation is 1. The third-order valence-corrected chi connectivity index (χ3v) is 6.03. The minimum atomic E-state index is 0.0219. The second-order valence-corrected chi connectivity index (χ2v) is 7.30. The molecule has 0 fully saturated rings. The van der Waals surface area contributed by atoms with Crippen LogP contribution in [0.15, 0.2) is 18.2 Å². The van der Waals surface area contributed by atoms with Gasteiger partial charge in [0, 0.05) is 17.2 Å². The molecule has 5 heteroatoms. The van der Waals surface area contributed by atoms with Crippen LogP contribution in [0.2, 0.25) is 0 Å². The van der Waals surface area contributed by atoms with Gasteiger partial charge in [-0.1, -0.05) is 6.07 Å². The van der Waals surface area contributed by atoms with Crippen molar-refractivity contribution in [3.63, 3.8) is 0 Å². The first kappa shape index (κ1) is 14.6. The van der Waals surface area contributed by atoms with Crippen molar-refractivity contribution in [2.24, 2.45) is 0 Å². The van der Waals surface area contributed by atoms with Crippen molar-refractivity contribution >= 4 is 22.2 Å². The fraction of sp³-hybridized carbons (Fsp3) is 0.389. The summed E-state index contributed by atoms with van der Waals surface area (Å²) in [5.41, 5.74) is 3.68. The van der Waals surface area contributed by atoms with Gasteiger partial charge in [-0.05, 0) is 54.5 Å². The summed E-state index contributed by atoms with van der Waals surface area (Å²) in [6.45, 7) is 0. The molecule has 2 N–H and O–H groups in total. The number of ether oxygens (including phenoxy) is 1. The molecule has 2 aromatic rings. The Morgan fingerprint density at radius 1 is 1.30 bits per heavy atom. The predicted octanol–water partition coefficient (Wildman–Crippen LogP) is 3.82. The first-order valence-electron chi connectivity index (χ1n) is 7.98. The average molecular weight is 329 g/mol. The molecule has 1 unspecified atom stereocenters. The lowest BCUT2D eigenvalue weighted by Gasteiger charge is -2.25. The van der Waals surface area contributed by atoms with Gasteiger partial charge in [0.1, 0.15) is 0 Å². The van der Waals surface area contributed by atoms with Crippen molar-refractivity contribution in [1.29, 1.82) is 0 Å². The number of nitrogens with one attached hydrogen (secondary N) is 1. The van der Waals surface area contributed by atoms with E-state index in [-0.39, 0.29) is 17.6 Å². The van der Waals surface area contributed by atoms with Gasteiger partial charge in [-0.2, -0.15) is 0 Å². The number of methoxy groups -OCH3 is 1. The van der Waals surface area contributed by atoms with E-state index in [0.29, 0.717) is 12.2 Å². The molecule has 0 saturated carbocycles. The van der Waals surface area contributed by atoms with Crippen molar-refractivity contribution < 1.29 is 14.6 Å². The molecular weight excluding hydrogens is 310 g/mol. The molecular formula is C18H19NO3S. The van der Waals surface area contributed by atoms with E-state index in [2.05, 4.69) is 5.32 Å². The molecule has 120 valence electrons. The summed E-state index contributed by atoms with van der Waals surface area (Å²) in [5, 5.41) is 14.2. The van der Waals surface area contributed by atoms with Crippen molar-refractivity contribution in [2.45, 2.75) is 38.0 Å². The molecule has 2 aliphatic rings. The van der Waals surface area contributed by atoms with E-state index in [4.69, 9.17) is 4.74 Å². The molecule has 4 rings (SSSR count). The van der Waals surface area contributed by atoms with E-state index in [1.165, 1.54) is 36.0 Å². The summed E-state index contributed by atoms with van der Waals surface area (Å²) in [6, 6.07) is 5.47. The summed E-state index contributed by atoms with van der Waals surface area (Å²) in [5.74, 6) is 0.660. The number of rotatable bonds is 2. The largest absolute Gasteiger partial charge is 0.504 e. The van der Waals surface area contributed by atoms with E-state index in [0.717, 1.165) is 23.4 Å². The van der Waals surface area contributed by atoms with Gasteiger partial charge < -0.3 is 15.2 Å². The van der Waals surface area contributed by atoms with Gasteiger partial charge in [-0.3, -0.25) is 4.79 Å². The van der Waals surface area contributed by atoms with Gasteiger partial charge in [0.2, 0.25) is 5.91 Å². The Morgan fingerprint density at radius 3 is 2.91 bits per heavy atom. The second kappa shape index (κ2) is 5.57. The zero-order chi connectivity index (χ0) is 16.0. The maximum Gasteiger partial charge on any atom is 0.225 e. The minimum absolute atomic E-state index is 0.0219. The molecule has 1 atom stereocenters. The summed E-state index contributed by atoms with van der Waals surface area (Å²) < 4.78 is 5.13. The number of carbonyl (C=O) groups excluding carboxylic acids is 1. The Labute approximate surface area is 139 Å². The Bertz CT molecular complexity index is 781. The minimum Gasteiger partial charge on any atom is -0.504 e. The van der Waals surface area contributed by atoms with Crippen molar-refractivity contribution in [1.82, 2.24) is 0 Å². The zero-order valence-electron chi connectivity index (χ0n) is 13.0. The van der Waals surface area contributed by atoms with E-state index in [9.17, 15) is 9.90 Å². The summed E-state index contributed by atoms with van der Waals surface area (Å²) in [4.78, 5) is 13.6. The SMILES string of the molecule is COc1ccc(C2CC(=O)Nc3sc4c(c32)CCCC4)cc1O. The molecule has 1 aliphatic heterocycles.